The highest BCUT2D eigenvalue weighted by atomic mass is 19.1. The Morgan fingerprint density at radius 3 is 2.29 bits per heavy atom. The number of hydrogen-bond acceptors (Lipinski definition) is 1. The summed E-state index contributed by atoms with van der Waals surface area (Å²) >= 11 is 0. The highest BCUT2D eigenvalue weighted by Crippen LogP contribution is 2.21. The van der Waals surface area contributed by atoms with Crippen molar-refractivity contribution in [2.45, 2.75) is 19.8 Å². The molecular formula is C14H14FNO. The van der Waals surface area contributed by atoms with Gasteiger partial charge in [0.25, 0.3) is 0 Å². The molecule has 0 saturated carbocycles. The SMILES string of the molecule is CC(C)c1c(F)cc(-c2ccccc2)c[n+]1[O-]. The first-order chi connectivity index (χ1) is 8.09. The van der Waals surface area contributed by atoms with E-state index in [1.165, 1.54) is 12.3 Å². The second-order valence-corrected chi connectivity index (χ2v) is 4.31. The van der Waals surface area contributed by atoms with Crippen LogP contribution in [0, 0.1) is 11.0 Å². The lowest BCUT2D eigenvalue weighted by molar-refractivity contribution is -0.616. The first-order valence-corrected chi connectivity index (χ1v) is 5.57. The lowest BCUT2D eigenvalue weighted by Gasteiger charge is -2.10. The average Bonchev–Trinajstić information content (AvgIpc) is 2.28. The molecule has 0 bridgehead atoms. The van der Waals surface area contributed by atoms with Crippen molar-refractivity contribution >= 4 is 0 Å². The number of pyridine rings is 1. The maximum atomic E-state index is 13.8. The van der Waals surface area contributed by atoms with E-state index in [-0.39, 0.29) is 11.6 Å². The van der Waals surface area contributed by atoms with E-state index in [1.54, 1.807) is 13.8 Å². The lowest BCUT2D eigenvalue weighted by Crippen LogP contribution is -2.33. The van der Waals surface area contributed by atoms with Gasteiger partial charge >= 0.3 is 0 Å². The second-order valence-electron chi connectivity index (χ2n) is 4.31. The highest BCUT2D eigenvalue weighted by molar-refractivity contribution is 5.61. The molecule has 0 amide bonds. The monoisotopic (exact) mass is 231 g/mol. The van der Waals surface area contributed by atoms with Crippen LogP contribution in [-0.4, -0.2) is 0 Å². The molecule has 0 unspecified atom stereocenters. The van der Waals surface area contributed by atoms with E-state index in [4.69, 9.17) is 0 Å². The summed E-state index contributed by atoms with van der Waals surface area (Å²) in [7, 11) is 0. The molecule has 0 aliphatic rings. The largest absolute Gasteiger partial charge is 0.618 e. The maximum absolute atomic E-state index is 13.8. The van der Waals surface area contributed by atoms with Crippen molar-refractivity contribution in [2.24, 2.45) is 0 Å². The number of hydrogen-bond donors (Lipinski definition) is 0. The first kappa shape index (κ1) is 11.6. The molecule has 0 radical (unpaired) electrons. The zero-order valence-electron chi connectivity index (χ0n) is 9.85. The summed E-state index contributed by atoms with van der Waals surface area (Å²) < 4.78 is 14.5. The molecule has 0 N–H and O–H groups in total. The van der Waals surface area contributed by atoms with Crippen molar-refractivity contribution < 1.29 is 9.12 Å². The Labute approximate surface area is 99.9 Å². The fourth-order valence-electron chi connectivity index (χ4n) is 1.87. The molecule has 1 aromatic carbocycles. The summed E-state index contributed by atoms with van der Waals surface area (Å²) in [6.07, 6.45) is 1.42. The molecule has 88 valence electrons. The quantitative estimate of drug-likeness (QED) is 0.575. The smallest absolute Gasteiger partial charge is 0.231 e. The topological polar surface area (TPSA) is 26.9 Å². The van der Waals surface area contributed by atoms with Gasteiger partial charge in [-0.1, -0.05) is 44.2 Å². The fourth-order valence-corrected chi connectivity index (χ4v) is 1.87. The molecule has 3 heteroatoms. The third-order valence-corrected chi connectivity index (χ3v) is 2.67. The van der Waals surface area contributed by atoms with Crippen LogP contribution in [0.4, 0.5) is 4.39 Å². The number of aromatic nitrogens is 1. The number of benzene rings is 1. The molecule has 0 aliphatic heterocycles. The summed E-state index contributed by atoms with van der Waals surface area (Å²) in [5.74, 6) is -0.575. The van der Waals surface area contributed by atoms with Crippen LogP contribution in [0.25, 0.3) is 11.1 Å². The second kappa shape index (κ2) is 4.53. The van der Waals surface area contributed by atoms with E-state index in [0.29, 0.717) is 10.3 Å². The van der Waals surface area contributed by atoms with Gasteiger partial charge in [0.2, 0.25) is 5.69 Å². The number of nitrogens with zero attached hydrogens (tertiary/aromatic N) is 1. The Morgan fingerprint density at radius 2 is 1.76 bits per heavy atom. The van der Waals surface area contributed by atoms with Gasteiger partial charge < -0.3 is 5.21 Å². The Morgan fingerprint density at radius 1 is 1.12 bits per heavy atom. The number of rotatable bonds is 2. The van der Waals surface area contributed by atoms with Gasteiger partial charge in [0, 0.05) is 11.5 Å². The number of halogens is 1. The normalized spacial score (nSPS) is 10.8. The van der Waals surface area contributed by atoms with Crippen LogP contribution in [0.15, 0.2) is 42.6 Å². The van der Waals surface area contributed by atoms with Gasteiger partial charge in [-0.25, -0.2) is 0 Å². The molecule has 0 spiro atoms. The van der Waals surface area contributed by atoms with Crippen LogP contribution in [-0.2, 0) is 0 Å². The molecule has 1 heterocycles. The van der Waals surface area contributed by atoms with Crippen LogP contribution in [0.1, 0.15) is 25.5 Å². The van der Waals surface area contributed by atoms with Gasteiger partial charge in [-0.05, 0) is 11.6 Å². The minimum atomic E-state index is -0.448. The van der Waals surface area contributed by atoms with Crippen molar-refractivity contribution in [2.75, 3.05) is 0 Å². The summed E-state index contributed by atoms with van der Waals surface area (Å²) in [5.41, 5.74) is 1.62. The molecular weight excluding hydrogens is 217 g/mol. The Kier molecular flexibility index (Phi) is 3.09. The summed E-state index contributed by atoms with van der Waals surface area (Å²) in [6, 6.07) is 10.7. The third kappa shape index (κ3) is 2.28. The molecule has 2 nitrogen and oxygen atoms in total. The van der Waals surface area contributed by atoms with Gasteiger partial charge in [-0.15, -0.1) is 0 Å². The minimum Gasteiger partial charge on any atom is -0.618 e. The van der Waals surface area contributed by atoms with Crippen molar-refractivity contribution in [1.82, 2.24) is 0 Å². The Balaban J connectivity index is 2.53. The lowest BCUT2D eigenvalue weighted by atomic mass is 10.0. The van der Waals surface area contributed by atoms with Crippen molar-refractivity contribution in [3.05, 3.63) is 59.3 Å². The molecule has 2 rings (SSSR count). The molecule has 17 heavy (non-hydrogen) atoms. The predicted molar refractivity (Wildman–Crippen MR) is 64.9 cm³/mol. The first-order valence-electron chi connectivity index (χ1n) is 5.57. The molecule has 0 saturated heterocycles. The minimum absolute atomic E-state index is 0.127. The molecule has 0 aliphatic carbocycles. The molecule has 1 aromatic heterocycles. The molecule has 2 aromatic rings. The predicted octanol–water partition coefficient (Wildman–Crippen LogP) is 3.25. The summed E-state index contributed by atoms with van der Waals surface area (Å²) in [6.45, 7) is 3.60. The van der Waals surface area contributed by atoms with Crippen LogP contribution in [0.5, 0.6) is 0 Å². The van der Waals surface area contributed by atoms with E-state index in [9.17, 15) is 9.60 Å². The summed E-state index contributed by atoms with van der Waals surface area (Å²) in [4.78, 5) is 0. The van der Waals surface area contributed by atoms with Crippen molar-refractivity contribution in [3.63, 3.8) is 0 Å². The van der Waals surface area contributed by atoms with Crippen LogP contribution >= 0.6 is 0 Å². The standard InChI is InChI=1S/C14H14FNO/c1-10(2)14-13(15)8-12(9-16(14)17)11-6-4-3-5-7-11/h3-10H,1-2H3. The van der Waals surface area contributed by atoms with Gasteiger partial charge in [-0.3, -0.25) is 0 Å². The van der Waals surface area contributed by atoms with E-state index in [0.717, 1.165) is 5.56 Å². The van der Waals surface area contributed by atoms with Crippen LogP contribution in [0.2, 0.25) is 0 Å². The van der Waals surface area contributed by atoms with Gasteiger partial charge in [0.15, 0.2) is 12.0 Å². The van der Waals surface area contributed by atoms with Gasteiger partial charge in [0.1, 0.15) is 0 Å². The Bertz CT molecular complexity index is 500. The van der Waals surface area contributed by atoms with E-state index in [1.807, 2.05) is 30.3 Å². The van der Waals surface area contributed by atoms with E-state index < -0.39 is 5.82 Å². The van der Waals surface area contributed by atoms with Gasteiger partial charge in [0.05, 0.1) is 0 Å². The zero-order valence-corrected chi connectivity index (χ0v) is 9.85. The maximum Gasteiger partial charge on any atom is 0.231 e. The van der Waals surface area contributed by atoms with Crippen molar-refractivity contribution in [3.8, 4) is 11.1 Å². The summed E-state index contributed by atoms with van der Waals surface area (Å²) in [5, 5.41) is 11.8. The average molecular weight is 231 g/mol. The third-order valence-electron chi connectivity index (χ3n) is 2.67. The highest BCUT2D eigenvalue weighted by Gasteiger charge is 2.18. The van der Waals surface area contributed by atoms with Crippen molar-refractivity contribution in [1.29, 1.82) is 0 Å². The van der Waals surface area contributed by atoms with Crippen LogP contribution in [0.3, 0.4) is 0 Å². The van der Waals surface area contributed by atoms with E-state index in [2.05, 4.69) is 0 Å². The molecule has 0 fully saturated rings. The molecule has 0 atom stereocenters. The van der Waals surface area contributed by atoms with E-state index >= 15 is 0 Å². The van der Waals surface area contributed by atoms with Crippen LogP contribution < -0.4 is 4.73 Å². The Hall–Kier alpha value is -1.90. The van der Waals surface area contributed by atoms with Gasteiger partial charge in [-0.2, -0.15) is 9.12 Å². The fraction of sp³-hybridized carbons (Fsp3) is 0.214. The zero-order chi connectivity index (χ0) is 12.4.